The minimum Gasteiger partial charge on any atom is -0.392 e. The maximum atomic E-state index is 9.01. The Morgan fingerprint density at radius 1 is 1.10 bits per heavy atom. The summed E-state index contributed by atoms with van der Waals surface area (Å²) in [6.45, 7) is 0.0722. The van der Waals surface area contributed by atoms with Crippen LogP contribution in [0.5, 0.6) is 0 Å². The zero-order valence-corrected chi connectivity index (χ0v) is 12.0. The summed E-state index contributed by atoms with van der Waals surface area (Å²) in [5, 5.41) is 16.8. The molecule has 0 saturated carbocycles. The Hall–Kier alpha value is -2.18. The Bertz CT molecular complexity index is 697. The van der Waals surface area contributed by atoms with Crippen LogP contribution in [0.1, 0.15) is 11.1 Å². The van der Waals surface area contributed by atoms with Crippen molar-refractivity contribution < 1.29 is 5.11 Å². The number of aromatic nitrogens is 4. The van der Waals surface area contributed by atoms with Crippen LogP contribution in [0.25, 0.3) is 11.4 Å². The van der Waals surface area contributed by atoms with E-state index in [1.807, 2.05) is 36.4 Å². The molecule has 0 unspecified atom stereocenters. The van der Waals surface area contributed by atoms with Gasteiger partial charge in [-0.1, -0.05) is 36.0 Å². The SMILES string of the molecule is OCc1ccc(CSc2n[nH]c(-c3cccnc3)n2)cc1. The number of nitrogens with zero attached hydrogens (tertiary/aromatic N) is 3. The molecular formula is C15H14N4OS. The lowest BCUT2D eigenvalue weighted by molar-refractivity contribution is 0.282. The normalized spacial score (nSPS) is 10.7. The highest BCUT2D eigenvalue weighted by atomic mass is 32.2. The van der Waals surface area contributed by atoms with Crippen molar-refractivity contribution in [3.63, 3.8) is 0 Å². The molecule has 0 bridgehead atoms. The number of aliphatic hydroxyl groups is 1. The summed E-state index contributed by atoms with van der Waals surface area (Å²) in [5.74, 6) is 1.51. The molecule has 3 aromatic rings. The van der Waals surface area contributed by atoms with Crippen molar-refractivity contribution in [2.75, 3.05) is 0 Å². The summed E-state index contributed by atoms with van der Waals surface area (Å²) in [4.78, 5) is 8.51. The first kappa shape index (κ1) is 13.8. The summed E-state index contributed by atoms with van der Waals surface area (Å²) in [6.07, 6.45) is 3.48. The number of hydrogen-bond acceptors (Lipinski definition) is 5. The van der Waals surface area contributed by atoms with Gasteiger partial charge in [0.05, 0.1) is 6.61 Å². The Morgan fingerprint density at radius 3 is 2.62 bits per heavy atom. The summed E-state index contributed by atoms with van der Waals surface area (Å²) in [5.41, 5.74) is 3.01. The van der Waals surface area contributed by atoms with E-state index in [1.54, 1.807) is 24.2 Å². The van der Waals surface area contributed by atoms with E-state index in [1.165, 1.54) is 5.56 Å². The standard InChI is InChI=1S/C15H14N4OS/c20-9-11-3-5-12(6-4-11)10-21-15-17-14(18-19-15)13-2-1-7-16-8-13/h1-8,20H,9-10H2,(H,17,18,19). The molecular weight excluding hydrogens is 284 g/mol. The van der Waals surface area contributed by atoms with Gasteiger partial charge in [0.15, 0.2) is 5.82 Å². The molecule has 0 radical (unpaired) electrons. The Morgan fingerprint density at radius 2 is 1.90 bits per heavy atom. The minimum absolute atomic E-state index is 0.0722. The fourth-order valence-electron chi connectivity index (χ4n) is 1.83. The van der Waals surface area contributed by atoms with Gasteiger partial charge in [-0.15, -0.1) is 5.10 Å². The predicted octanol–water partition coefficient (Wildman–Crippen LogP) is 2.65. The molecule has 0 aliphatic rings. The van der Waals surface area contributed by atoms with Crippen LogP contribution in [0.3, 0.4) is 0 Å². The maximum Gasteiger partial charge on any atom is 0.209 e. The molecule has 0 amide bonds. The van der Waals surface area contributed by atoms with E-state index in [9.17, 15) is 0 Å². The molecule has 106 valence electrons. The molecule has 5 nitrogen and oxygen atoms in total. The van der Waals surface area contributed by atoms with E-state index < -0.39 is 0 Å². The molecule has 0 spiro atoms. The van der Waals surface area contributed by atoms with Crippen molar-refractivity contribution in [3.8, 4) is 11.4 Å². The van der Waals surface area contributed by atoms with Crippen LogP contribution < -0.4 is 0 Å². The summed E-state index contributed by atoms with van der Waals surface area (Å²) < 4.78 is 0. The molecule has 2 aromatic heterocycles. The lowest BCUT2D eigenvalue weighted by atomic mass is 10.2. The van der Waals surface area contributed by atoms with Gasteiger partial charge in [0.2, 0.25) is 5.16 Å². The first-order valence-electron chi connectivity index (χ1n) is 6.49. The number of rotatable bonds is 5. The highest BCUT2D eigenvalue weighted by Gasteiger charge is 2.06. The molecule has 3 rings (SSSR count). The van der Waals surface area contributed by atoms with Gasteiger partial charge in [0.1, 0.15) is 0 Å². The van der Waals surface area contributed by atoms with Gasteiger partial charge in [-0.25, -0.2) is 4.98 Å². The van der Waals surface area contributed by atoms with E-state index >= 15 is 0 Å². The number of pyridine rings is 1. The molecule has 2 heterocycles. The van der Waals surface area contributed by atoms with Crippen LogP contribution in [-0.4, -0.2) is 25.3 Å². The smallest absolute Gasteiger partial charge is 0.209 e. The summed E-state index contributed by atoms with van der Waals surface area (Å²) in [6, 6.07) is 11.7. The van der Waals surface area contributed by atoms with Crippen LogP contribution in [0.4, 0.5) is 0 Å². The van der Waals surface area contributed by atoms with E-state index in [-0.39, 0.29) is 6.61 Å². The van der Waals surface area contributed by atoms with Gasteiger partial charge in [-0.05, 0) is 23.3 Å². The number of benzene rings is 1. The third-order valence-corrected chi connectivity index (χ3v) is 3.89. The highest BCUT2D eigenvalue weighted by molar-refractivity contribution is 7.98. The second-order valence-electron chi connectivity index (χ2n) is 4.47. The van der Waals surface area contributed by atoms with Gasteiger partial charge in [0.25, 0.3) is 0 Å². The number of aromatic amines is 1. The second kappa shape index (κ2) is 6.51. The molecule has 21 heavy (non-hydrogen) atoms. The average Bonchev–Trinajstić information content (AvgIpc) is 3.03. The molecule has 0 aliphatic heterocycles. The van der Waals surface area contributed by atoms with Gasteiger partial charge < -0.3 is 5.11 Å². The largest absolute Gasteiger partial charge is 0.392 e. The van der Waals surface area contributed by atoms with E-state index in [4.69, 9.17) is 5.11 Å². The van der Waals surface area contributed by atoms with Crippen molar-refractivity contribution >= 4 is 11.8 Å². The predicted molar refractivity (Wildman–Crippen MR) is 81.5 cm³/mol. The third-order valence-electron chi connectivity index (χ3n) is 2.97. The first-order valence-corrected chi connectivity index (χ1v) is 7.48. The third kappa shape index (κ3) is 3.48. The quantitative estimate of drug-likeness (QED) is 0.708. The van der Waals surface area contributed by atoms with Gasteiger partial charge in [-0.3, -0.25) is 10.1 Å². The highest BCUT2D eigenvalue weighted by Crippen LogP contribution is 2.22. The molecule has 0 atom stereocenters. The summed E-state index contributed by atoms with van der Waals surface area (Å²) in [7, 11) is 0. The monoisotopic (exact) mass is 298 g/mol. The van der Waals surface area contributed by atoms with Crippen molar-refractivity contribution in [2.24, 2.45) is 0 Å². The first-order chi connectivity index (χ1) is 10.3. The van der Waals surface area contributed by atoms with Crippen LogP contribution >= 0.6 is 11.8 Å². The Labute approximate surface area is 126 Å². The molecule has 1 aromatic carbocycles. The van der Waals surface area contributed by atoms with Crippen molar-refractivity contribution in [3.05, 3.63) is 59.9 Å². The van der Waals surface area contributed by atoms with Crippen LogP contribution in [-0.2, 0) is 12.4 Å². The van der Waals surface area contributed by atoms with Crippen molar-refractivity contribution in [1.82, 2.24) is 20.2 Å². The van der Waals surface area contributed by atoms with Crippen LogP contribution in [0, 0.1) is 0 Å². The number of aliphatic hydroxyl groups excluding tert-OH is 1. The second-order valence-corrected chi connectivity index (χ2v) is 5.41. The zero-order valence-electron chi connectivity index (χ0n) is 11.2. The Balaban J connectivity index is 1.64. The Kier molecular flexibility index (Phi) is 4.28. The van der Waals surface area contributed by atoms with Gasteiger partial charge in [-0.2, -0.15) is 0 Å². The van der Waals surface area contributed by atoms with Gasteiger partial charge in [0, 0.05) is 23.7 Å². The van der Waals surface area contributed by atoms with E-state index in [0.717, 1.165) is 22.7 Å². The average molecular weight is 298 g/mol. The molecule has 0 fully saturated rings. The summed E-state index contributed by atoms with van der Waals surface area (Å²) >= 11 is 1.57. The van der Waals surface area contributed by atoms with Crippen LogP contribution in [0.15, 0.2) is 53.9 Å². The number of thioether (sulfide) groups is 1. The van der Waals surface area contributed by atoms with Gasteiger partial charge >= 0.3 is 0 Å². The fourth-order valence-corrected chi connectivity index (χ4v) is 2.59. The molecule has 0 saturated heterocycles. The van der Waals surface area contributed by atoms with E-state index in [0.29, 0.717) is 5.16 Å². The lowest BCUT2D eigenvalue weighted by Crippen LogP contribution is -1.85. The fraction of sp³-hybridized carbons (Fsp3) is 0.133. The topological polar surface area (TPSA) is 74.7 Å². The molecule has 2 N–H and O–H groups in total. The van der Waals surface area contributed by atoms with E-state index in [2.05, 4.69) is 20.2 Å². The van der Waals surface area contributed by atoms with Crippen molar-refractivity contribution in [1.29, 1.82) is 0 Å². The van der Waals surface area contributed by atoms with Crippen molar-refractivity contribution in [2.45, 2.75) is 17.5 Å². The number of hydrogen-bond donors (Lipinski definition) is 2. The zero-order chi connectivity index (χ0) is 14.5. The number of H-pyrrole nitrogens is 1. The lowest BCUT2D eigenvalue weighted by Gasteiger charge is -2.00. The maximum absolute atomic E-state index is 9.01. The van der Waals surface area contributed by atoms with Crippen LogP contribution in [0.2, 0.25) is 0 Å². The number of nitrogens with one attached hydrogen (secondary N) is 1. The molecule has 6 heteroatoms. The minimum atomic E-state index is 0.0722. The molecule has 0 aliphatic carbocycles.